The van der Waals surface area contributed by atoms with Crippen LogP contribution in [0.4, 0.5) is 0 Å². The smallest absolute Gasteiger partial charge is 0.197 e. The van der Waals surface area contributed by atoms with Crippen LogP contribution >= 0.6 is 31.9 Å². The lowest BCUT2D eigenvalue weighted by Crippen LogP contribution is -2.11. The highest BCUT2D eigenvalue weighted by Crippen LogP contribution is 2.36. The third-order valence-electron chi connectivity index (χ3n) is 4.00. The summed E-state index contributed by atoms with van der Waals surface area (Å²) < 4.78 is 0.239. The minimum atomic E-state index is -0.697. The Morgan fingerprint density at radius 2 is 0.964 bits per heavy atom. The van der Waals surface area contributed by atoms with Gasteiger partial charge in [-0.25, -0.2) is 0 Å². The lowest BCUT2D eigenvalue weighted by atomic mass is 9.92. The van der Waals surface area contributed by atoms with Crippen molar-refractivity contribution in [2.45, 2.75) is 0 Å². The summed E-state index contributed by atoms with van der Waals surface area (Å²) in [5, 5.41) is 39.8. The summed E-state index contributed by atoms with van der Waals surface area (Å²) in [7, 11) is 0. The summed E-state index contributed by atoms with van der Waals surface area (Å²) in [5.41, 5.74) is -0.486. The van der Waals surface area contributed by atoms with Gasteiger partial charge in [-0.3, -0.25) is 9.59 Å². The number of halogens is 2. The Morgan fingerprint density at radius 3 is 1.32 bits per heavy atom. The Bertz CT molecular complexity index is 1040. The quantitative estimate of drug-likeness (QED) is 0.305. The van der Waals surface area contributed by atoms with E-state index < -0.39 is 11.6 Å². The molecule has 28 heavy (non-hydrogen) atoms. The topological polar surface area (TPSA) is 115 Å². The maximum Gasteiger partial charge on any atom is 0.197 e. The molecular weight excluding hydrogens is 496 g/mol. The molecule has 0 unspecified atom stereocenters. The molecule has 0 aliphatic heterocycles. The van der Waals surface area contributed by atoms with Crippen molar-refractivity contribution in [2.75, 3.05) is 0 Å². The van der Waals surface area contributed by atoms with Crippen LogP contribution in [0.2, 0.25) is 0 Å². The van der Waals surface area contributed by atoms with Gasteiger partial charge < -0.3 is 20.4 Å². The number of carbonyl (C=O) groups excluding carboxylic acids is 2. The number of hydrogen-bond donors (Lipinski definition) is 4. The Hall–Kier alpha value is -2.84. The fourth-order valence-electron chi connectivity index (χ4n) is 2.68. The normalized spacial score (nSPS) is 10.6. The fraction of sp³-hybridized carbons (Fsp3) is 0. The molecule has 3 aromatic carbocycles. The molecule has 142 valence electrons. The highest BCUT2D eigenvalue weighted by atomic mass is 79.9. The maximum absolute atomic E-state index is 13.0. The van der Waals surface area contributed by atoms with E-state index in [2.05, 4.69) is 31.9 Å². The number of aromatic hydroxyl groups is 4. The first kappa shape index (κ1) is 19.9. The number of phenolic OH excluding ortho intramolecular Hbond substituents is 4. The zero-order valence-electron chi connectivity index (χ0n) is 14.0. The van der Waals surface area contributed by atoms with Gasteiger partial charge in [0.25, 0.3) is 0 Å². The maximum atomic E-state index is 13.0. The molecule has 0 amide bonds. The van der Waals surface area contributed by atoms with Crippen LogP contribution in [0.25, 0.3) is 0 Å². The lowest BCUT2D eigenvalue weighted by molar-refractivity contribution is 0.1000. The van der Waals surface area contributed by atoms with E-state index in [4.69, 9.17) is 0 Å². The summed E-state index contributed by atoms with van der Waals surface area (Å²) in [6, 6.07) is 10.5. The van der Waals surface area contributed by atoms with Gasteiger partial charge in [-0.15, -0.1) is 0 Å². The lowest BCUT2D eigenvalue weighted by Gasteiger charge is -2.12. The van der Waals surface area contributed by atoms with E-state index in [1.54, 1.807) is 0 Å². The molecule has 0 heterocycles. The predicted molar refractivity (Wildman–Crippen MR) is 108 cm³/mol. The predicted octanol–water partition coefficient (Wildman–Crippen LogP) is 4.50. The van der Waals surface area contributed by atoms with E-state index in [9.17, 15) is 30.0 Å². The Labute approximate surface area is 176 Å². The molecule has 0 radical (unpaired) electrons. The molecule has 0 aromatic heterocycles. The molecule has 3 aromatic rings. The largest absolute Gasteiger partial charge is 0.508 e. The number of rotatable bonds is 4. The minimum absolute atomic E-state index is 0.0424. The number of benzene rings is 3. The van der Waals surface area contributed by atoms with Crippen LogP contribution in [0.1, 0.15) is 31.8 Å². The van der Waals surface area contributed by atoms with Crippen LogP contribution in [0.3, 0.4) is 0 Å². The van der Waals surface area contributed by atoms with Crippen molar-refractivity contribution in [2.24, 2.45) is 0 Å². The third kappa shape index (κ3) is 3.61. The molecule has 3 rings (SSSR count). The molecule has 0 bridgehead atoms. The number of phenols is 4. The van der Waals surface area contributed by atoms with Crippen molar-refractivity contribution >= 4 is 43.4 Å². The highest BCUT2D eigenvalue weighted by molar-refractivity contribution is 9.10. The fourth-order valence-corrected chi connectivity index (χ4v) is 3.58. The second-order valence-electron chi connectivity index (χ2n) is 5.85. The third-order valence-corrected chi connectivity index (χ3v) is 5.21. The van der Waals surface area contributed by atoms with Crippen LogP contribution in [0.15, 0.2) is 57.5 Å². The molecule has 0 aliphatic rings. The summed E-state index contributed by atoms with van der Waals surface area (Å²) in [6.45, 7) is 0. The van der Waals surface area contributed by atoms with Gasteiger partial charge >= 0.3 is 0 Å². The van der Waals surface area contributed by atoms with Gasteiger partial charge in [-0.05, 0) is 56.1 Å². The van der Waals surface area contributed by atoms with Crippen molar-refractivity contribution in [3.63, 3.8) is 0 Å². The molecule has 0 atom stereocenters. The van der Waals surface area contributed by atoms with Crippen LogP contribution < -0.4 is 0 Å². The first-order chi connectivity index (χ1) is 13.2. The molecule has 8 heteroatoms. The van der Waals surface area contributed by atoms with Gasteiger partial charge in [0, 0.05) is 11.1 Å². The van der Waals surface area contributed by atoms with Crippen molar-refractivity contribution in [1.29, 1.82) is 0 Å². The van der Waals surface area contributed by atoms with E-state index in [-0.39, 0.29) is 54.2 Å². The van der Waals surface area contributed by atoms with E-state index >= 15 is 0 Å². The van der Waals surface area contributed by atoms with Crippen molar-refractivity contribution in [3.8, 4) is 23.0 Å². The van der Waals surface area contributed by atoms with Gasteiger partial charge in [-0.2, -0.15) is 0 Å². The molecule has 0 saturated carbocycles. The second-order valence-corrected chi connectivity index (χ2v) is 7.56. The average molecular weight is 508 g/mol. The number of ketones is 2. The van der Waals surface area contributed by atoms with Crippen molar-refractivity contribution in [1.82, 2.24) is 0 Å². The van der Waals surface area contributed by atoms with Gasteiger partial charge in [0.15, 0.2) is 11.6 Å². The first-order valence-corrected chi connectivity index (χ1v) is 9.40. The molecule has 0 saturated heterocycles. The van der Waals surface area contributed by atoms with E-state index in [1.807, 2.05) is 0 Å². The Balaban J connectivity index is 2.15. The van der Waals surface area contributed by atoms with E-state index in [1.165, 1.54) is 36.4 Å². The SMILES string of the molecule is O=C(c1ccccc1C(=O)c1cc(O)cc(Br)c1O)c1cc(O)cc(Br)c1O. The van der Waals surface area contributed by atoms with Crippen LogP contribution in [-0.4, -0.2) is 32.0 Å². The van der Waals surface area contributed by atoms with Crippen LogP contribution in [-0.2, 0) is 0 Å². The minimum Gasteiger partial charge on any atom is -0.508 e. The summed E-state index contributed by atoms with van der Waals surface area (Å²) in [5.74, 6) is -2.65. The molecule has 0 spiro atoms. The molecule has 6 nitrogen and oxygen atoms in total. The van der Waals surface area contributed by atoms with Gasteiger partial charge in [0.2, 0.25) is 0 Å². The zero-order chi connectivity index (χ0) is 20.6. The van der Waals surface area contributed by atoms with Gasteiger partial charge in [0.05, 0.1) is 20.1 Å². The Kier molecular flexibility index (Phi) is 5.44. The molecular formula is C20H12Br2O6. The molecule has 0 aliphatic carbocycles. The van der Waals surface area contributed by atoms with Crippen LogP contribution in [0, 0.1) is 0 Å². The van der Waals surface area contributed by atoms with Crippen molar-refractivity contribution in [3.05, 3.63) is 79.7 Å². The summed E-state index contributed by atoms with van der Waals surface area (Å²) >= 11 is 6.10. The highest BCUT2D eigenvalue weighted by Gasteiger charge is 2.25. The Morgan fingerprint density at radius 1 is 0.607 bits per heavy atom. The number of hydrogen-bond acceptors (Lipinski definition) is 6. The summed E-state index contributed by atoms with van der Waals surface area (Å²) in [4.78, 5) is 26.0. The van der Waals surface area contributed by atoms with Gasteiger partial charge in [0.1, 0.15) is 23.0 Å². The van der Waals surface area contributed by atoms with Gasteiger partial charge in [-0.1, -0.05) is 24.3 Å². The summed E-state index contributed by atoms with van der Waals surface area (Å²) in [6.07, 6.45) is 0. The average Bonchev–Trinajstić information content (AvgIpc) is 2.66. The van der Waals surface area contributed by atoms with Crippen molar-refractivity contribution < 1.29 is 30.0 Å². The monoisotopic (exact) mass is 506 g/mol. The van der Waals surface area contributed by atoms with E-state index in [0.29, 0.717) is 0 Å². The zero-order valence-corrected chi connectivity index (χ0v) is 17.2. The van der Waals surface area contributed by atoms with Crippen LogP contribution in [0.5, 0.6) is 23.0 Å². The number of carbonyl (C=O) groups is 2. The second kappa shape index (κ2) is 7.65. The molecule has 0 fully saturated rings. The standard InChI is InChI=1S/C20H12Br2O6/c21-15-7-9(23)5-13(19(15)27)17(25)11-3-1-2-4-12(11)18(26)14-6-10(24)8-16(22)20(14)28/h1-8,23-24,27-28H. The van der Waals surface area contributed by atoms with E-state index in [0.717, 1.165) is 12.1 Å². The first-order valence-electron chi connectivity index (χ1n) is 7.82. The molecule has 4 N–H and O–H groups in total.